The third kappa shape index (κ3) is 3.23. The van der Waals surface area contributed by atoms with Gasteiger partial charge in [-0.05, 0) is 31.6 Å². The van der Waals surface area contributed by atoms with Crippen LogP contribution in [0.2, 0.25) is 0 Å². The van der Waals surface area contributed by atoms with E-state index in [1.807, 2.05) is 0 Å². The van der Waals surface area contributed by atoms with E-state index < -0.39 is 0 Å². The van der Waals surface area contributed by atoms with Crippen molar-refractivity contribution >= 4 is 0 Å². The zero-order chi connectivity index (χ0) is 10.5. The molecule has 2 nitrogen and oxygen atoms in total. The first kappa shape index (κ1) is 11.0. The SMILES string of the molecule is C=C(NC1CCOCC1)C1CCCCC1. The van der Waals surface area contributed by atoms with Crippen molar-refractivity contribution in [1.82, 2.24) is 5.32 Å². The van der Waals surface area contributed by atoms with Crippen LogP contribution in [0.3, 0.4) is 0 Å². The minimum atomic E-state index is 0.619. The van der Waals surface area contributed by atoms with Crippen LogP contribution in [0.5, 0.6) is 0 Å². The van der Waals surface area contributed by atoms with Crippen molar-refractivity contribution in [2.75, 3.05) is 13.2 Å². The molecule has 86 valence electrons. The summed E-state index contributed by atoms with van der Waals surface area (Å²) in [6.07, 6.45) is 9.17. The average molecular weight is 209 g/mol. The summed E-state index contributed by atoms with van der Waals surface area (Å²) >= 11 is 0. The van der Waals surface area contributed by atoms with Crippen LogP contribution in [0.4, 0.5) is 0 Å². The molecule has 2 fully saturated rings. The third-order valence-corrected chi connectivity index (χ3v) is 3.71. The van der Waals surface area contributed by atoms with Gasteiger partial charge in [-0.1, -0.05) is 25.8 Å². The predicted molar refractivity (Wildman–Crippen MR) is 62.7 cm³/mol. The van der Waals surface area contributed by atoms with E-state index in [9.17, 15) is 0 Å². The van der Waals surface area contributed by atoms with Crippen LogP contribution < -0.4 is 5.32 Å². The van der Waals surface area contributed by atoms with Gasteiger partial charge in [-0.3, -0.25) is 0 Å². The molecule has 0 atom stereocenters. The lowest BCUT2D eigenvalue weighted by Gasteiger charge is -2.30. The molecule has 0 aromatic heterocycles. The van der Waals surface area contributed by atoms with Gasteiger partial charge >= 0.3 is 0 Å². The van der Waals surface area contributed by atoms with E-state index in [1.54, 1.807) is 0 Å². The van der Waals surface area contributed by atoms with Crippen molar-refractivity contribution in [2.24, 2.45) is 5.92 Å². The number of hydrogen-bond donors (Lipinski definition) is 1. The molecule has 1 heterocycles. The Labute approximate surface area is 93.1 Å². The molecule has 0 radical (unpaired) electrons. The number of allylic oxidation sites excluding steroid dienone is 1. The van der Waals surface area contributed by atoms with Crippen molar-refractivity contribution in [3.8, 4) is 0 Å². The van der Waals surface area contributed by atoms with E-state index in [2.05, 4.69) is 11.9 Å². The molecule has 1 aliphatic heterocycles. The Morgan fingerprint density at radius 1 is 1.00 bits per heavy atom. The van der Waals surface area contributed by atoms with Gasteiger partial charge in [-0.25, -0.2) is 0 Å². The Balaban J connectivity index is 1.74. The Morgan fingerprint density at radius 3 is 2.33 bits per heavy atom. The lowest BCUT2D eigenvalue weighted by atomic mass is 9.87. The molecular formula is C13H23NO. The summed E-state index contributed by atoms with van der Waals surface area (Å²) in [4.78, 5) is 0. The summed E-state index contributed by atoms with van der Waals surface area (Å²) in [5.74, 6) is 0.738. The van der Waals surface area contributed by atoms with E-state index >= 15 is 0 Å². The summed E-state index contributed by atoms with van der Waals surface area (Å²) in [6.45, 7) is 6.05. The van der Waals surface area contributed by atoms with Gasteiger partial charge < -0.3 is 10.1 Å². The fourth-order valence-corrected chi connectivity index (χ4v) is 2.67. The van der Waals surface area contributed by atoms with Crippen molar-refractivity contribution in [2.45, 2.75) is 51.0 Å². The largest absolute Gasteiger partial charge is 0.386 e. The van der Waals surface area contributed by atoms with Gasteiger partial charge in [-0.2, -0.15) is 0 Å². The van der Waals surface area contributed by atoms with Crippen molar-refractivity contribution < 1.29 is 4.74 Å². The smallest absolute Gasteiger partial charge is 0.0485 e. The molecule has 0 bridgehead atoms. The molecule has 1 saturated carbocycles. The molecule has 2 rings (SSSR count). The second kappa shape index (κ2) is 5.55. The van der Waals surface area contributed by atoms with Crippen LogP contribution in [0, 0.1) is 5.92 Å². The molecule has 0 aromatic carbocycles. The monoisotopic (exact) mass is 209 g/mol. The highest BCUT2D eigenvalue weighted by molar-refractivity contribution is 5.01. The first-order chi connectivity index (χ1) is 7.36. The van der Waals surface area contributed by atoms with Crippen LogP contribution >= 0.6 is 0 Å². The topological polar surface area (TPSA) is 21.3 Å². The Morgan fingerprint density at radius 2 is 1.67 bits per heavy atom. The van der Waals surface area contributed by atoms with Gasteiger partial charge in [-0.15, -0.1) is 0 Å². The predicted octanol–water partition coefficient (Wildman–Crippen LogP) is 2.85. The number of rotatable bonds is 3. The summed E-state index contributed by atoms with van der Waals surface area (Å²) in [5.41, 5.74) is 1.29. The number of hydrogen-bond acceptors (Lipinski definition) is 2. The molecule has 0 spiro atoms. The Kier molecular flexibility index (Phi) is 4.07. The van der Waals surface area contributed by atoms with Crippen molar-refractivity contribution in [3.05, 3.63) is 12.3 Å². The molecule has 1 aliphatic carbocycles. The fourth-order valence-electron chi connectivity index (χ4n) is 2.67. The maximum absolute atomic E-state index is 5.36. The first-order valence-electron chi connectivity index (χ1n) is 6.39. The molecular weight excluding hydrogens is 186 g/mol. The van der Waals surface area contributed by atoms with Crippen LogP contribution in [0.25, 0.3) is 0 Å². The summed E-state index contributed by atoms with van der Waals surface area (Å²) in [6, 6.07) is 0.619. The van der Waals surface area contributed by atoms with Gasteiger partial charge in [0.05, 0.1) is 0 Å². The molecule has 1 saturated heterocycles. The van der Waals surface area contributed by atoms with Gasteiger partial charge in [0.1, 0.15) is 0 Å². The van der Waals surface area contributed by atoms with Gasteiger partial charge in [0.15, 0.2) is 0 Å². The van der Waals surface area contributed by atoms with Crippen molar-refractivity contribution in [1.29, 1.82) is 0 Å². The van der Waals surface area contributed by atoms with Crippen LogP contribution in [0.15, 0.2) is 12.3 Å². The van der Waals surface area contributed by atoms with E-state index in [4.69, 9.17) is 4.74 Å². The van der Waals surface area contributed by atoms with Gasteiger partial charge in [0.2, 0.25) is 0 Å². The lowest BCUT2D eigenvalue weighted by Crippen LogP contribution is -2.36. The third-order valence-electron chi connectivity index (χ3n) is 3.71. The van der Waals surface area contributed by atoms with Gasteiger partial charge in [0, 0.05) is 25.0 Å². The normalized spacial score (nSPS) is 25.1. The summed E-state index contributed by atoms with van der Waals surface area (Å²) in [5, 5.41) is 3.61. The minimum Gasteiger partial charge on any atom is -0.386 e. The standard InChI is InChI=1S/C13H23NO/c1-11(12-5-3-2-4-6-12)14-13-7-9-15-10-8-13/h12-14H,1-10H2. The lowest BCUT2D eigenvalue weighted by molar-refractivity contribution is 0.0793. The molecule has 0 unspecified atom stereocenters. The van der Waals surface area contributed by atoms with E-state index in [0.29, 0.717) is 6.04 Å². The van der Waals surface area contributed by atoms with Crippen LogP contribution in [0.1, 0.15) is 44.9 Å². The first-order valence-corrected chi connectivity index (χ1v) is 6.39. The van der Waals surface area contributed by atoms with Crippen molar-refractivity contribution in [3.63, 3.8) is 0 Å². The minimum absolute atomic E-state index is 0.619. The summed E-state index contributed by atoms with van der Waals surface area (Å²) in [7, 11) is 0. The number of nitrogens with one attached hydrogen (secondary N) is 1. The van der Waals surface area contributed by atoms with Crippen LogP contribution in [-0.2, 0) is 4.74 Å². The maximum Gasteiger partial charge on any atom is 0.0485 e. The fraction of sp³-hybridized carbons (Fsp3) is 0.846. The Bertz CT molecular complexity index is 203. The second-order valence-electron chi connectivity index (χ2n) is 4.89. The molecule has 2 heteroatoms. The average Bonchev–Trinajstić information content (AvgIpc) is 2.31. The molecule has 0 aromatic rings. The highest BCUT2D eigenvalue weighted by Gasteiger charge is 2.20. The Hall–Kier alpha value is -0.500. The van der Waals surface area contributed by atoms with E-state index in [-0.39, 0.29) is 0 Å². The highest BCUT2D eigenvalue weighted by atomic mass is 16.5. The van der Waals surface area contributed by atoms with Crippen LogP contribution in [-0.4, -0.2) is 19.3 Å². The van der Waals surface area contributed by atoms with E-state index in [0.717, 1.165) is 32.0 Å². The zero-order valence-electron chi connectivity index (χ0n) is 9.63. The molecule has 15 heavy (non-hydrogen) atoms. The quantitative estimate of drug-likeness (QED) is 0.771. The molecule has 1 N–H and O–H groups in total. The molecule has 2 aliphatic rings. The second-order valence-corrected chi connectivity index (χ2v) is 4.89. The highest BCUT2D eigenvalue weighted by Crippen LogP contribution is 2.28. The number of ether oxygens (including phenoxy) is 1. The zero-order valence-corrected chi connectivity index (χ0v) is 9.63. The maximum atomic E-state index is 5.36. The molecule has 0 amide bonds. The van der Waals surface area contributed by atoms with E-state index in [1.165, 1.54) is 37.8 Å². The summed E-state index contributed by atoms with van der Waals surface area (Å²) < 4.78 is 5.36. The van der Waals surface area contributed by atoms with Gasteiger partial charge in [0.25, 0.3) is 0 Å².